The van der Waals surface area contributed by atoms with Gasteiger partial charge < -0.3 is 4.90 Å². The van der Waals surface area contributed by atoms with E-state index in [-0.39, 0.29) is 11.6 Å². The van der Waals surface area contributed by atoms with Crippen molar-refractivity contribution in [2.45, 2.75) is 38.3 Å². The summed E-state index contributed by atoms with van der Waals surface area (Å²) in [5.41, 5.74) is 2.81. The van der Waals surface area contributed by atoms with Gasteiger partial charge in [-0.1, -0.05) is 6.92 Å². The van der Waals surface area contributed by atoms with Crippen molar-refractivity contribution in [3.8, 4) is 12.3 Å². The zero-order valence-corrected chi connectivity index (χ0v) is 9.09. The van der Waals surface area contributed by atoms with Gasteiger partial charge in [0, 0.05) is 12.0 Å². The van der Waals surface area contributed by atoms with E-state index >= 15 is 0 Å². The van der Waals surface area contributed by atoms with Crippen molar-refractivity contribution in [3.05, 3.63) is 0 Å². The fraction of sp³-hybridized carbons (Fsp3) is 0.800. The van der Waals surface area contributed by atoms with E-state index in [1.54, 1.807) is 0 Å². The smallest absolute Gasteiger partial charge is 0.0500 e. The SMILES string of the molecule is C#CCC(NN)C(C)(CC)N(C)C. The molecule has 76 valence electrons. The Labute approximate surface area is 81.6 Å². The molecule has 0 fully saturated rings. The van der Waals surface area contributed by atoms with Gasteiger partial charge in [0.05, 0.1) is 6.04 Å². The molecule has 0 saturated carbocycles. The van der Waals surface area contributed by atoms with E-state index < -0.39 is 0 Å². The van der Waals surface area contributed by atoms with Crippen molar-refractivity contribution < 1.29 is 0 Å². The second-order valence-electron chi connectivity index (χ2n) is 3.73. The summed E-state index contributed by atoms with van der Waals surface area (Å²) in [6.45, 7) is 4.30. The Bertz CT molecular complexity index is 183. The van der Waals surface area contributed by atoms with Crippen LogP contribution in [-0.2, 0) is 0 Å². The topological polar surface area (TPSA) is 41.3 Å². The summed E-state index contributed by atoms with van der Waals surface area (Å²) in [7, 11) is 4.09. The molecule has 3 nitrogen and oxygen atoms in total. The summed E-state index contributed by atoms with van der Waals surface area (Å²) in [5, 5.41) is 0. The lowest BCUT2D eigenvalue weighted by Gasteiger charge is -2.41. The first kappa shape index (κ1) is 12.4. The van der Waals surface area contributed by atoms with Gasteiger partial charge in [0.15, 0.2) is 0 Å². The van der Waals surface area contributed by atoms with E-state index in [2.05, 4.69) is 30.1 Å². The molecule has 0 aliphatic rings. The van der Waals surface area contributed by atoms with Crippen LogP contribution in [-0.4, -0.2) is 30.6 Å². The van der Waals surface area contributed by atoms with Gasteiger partial charge in [-0.2, -0.15) is 0 Å². The fourth-order valence-electron chi connectivity index (χ4n) is 1.45. The molecule has 2 unspecified atom stereocenters. The summed E-state index contributed by atoms with van der Waals surface area (Å²) in [4.78, 5) is 2.16. The Hall–Kier alpha value is -0.560. The highest BCUT2D eigenvalue weighted by Gasteiger charge is 2.33. The molecule has 0 rings (SSSR count). The number of rotatable bonds is 5. The van der Waals surface area contributed by atoms with E-state index in [9.17, 15) is 0 Å². The first-order valence-electron chi connectivity index (χ1n) is 4.60. The first-order valence-corrected chi connectivity index (χ1v) is 4.60. The molecule has 3 heteroatoms. The molecule has 0 saturated heterocycles. The van der Waals surface area contributed by atoms with Crippen LogP contribution in [0.4, 0.5) is 0 Å². The minimum Gasteiger partial charge on any atom is -0.302 e. The highest BCUT2D eigenvalue weighted by Crippen LogP contribution is 2.22. The number of nitrogens with one attached hydrogen (secondary N) is 1. The molecule has 13 heavy (non-hydrogen) atoms. The van der Waals surface area contributed by atoms with E-state index in [1.165, 1.54) is 0 Å². The van der Waals surface area contributed by atoms with Gasteiger partial charge in [-0.05, 0) is 27.4 Å². The fourth-order valence-corrected chi connectivity index (χ4v) is 1.45. The van der Waals surface area contributed by atoms with Gasteiger partial charge >= 0.3 is 0 Å². The molecule has 2 atom stereocenters. The van der Waals surface area contributed by atoms with E-state index in [0.29, 0.717) is 6.42 Å². The van der Waals surface area contributed by atoms with Crippen LogP contribution < -0.4 is 11.3 Å². The molecule has 0 aromatic heterocycles. The number of terminal acetylenes is 1. The number of hydrazine groups is 1. The lowest BCUT2D eigenvalue weighted by molar-refractivity contribution is 0.115. The zero-order chi connectivity index (χ0) is 10.5. The summed E-state index contributed by atoms with van der Waals surface area (Å²) in [6.07, 6.45) is 6.95. The molecule has 0 radical (unpaired) electrons. The van der Waals surface area contributed by atoms with Crippen molar-refractivity contribution in [1.29, 1.82) is 0 Å². The molecule has 0 aromatic carbocycles. The molecule has 0 heterocycles. The third-order valence-corrected chi connectivity index (χ3v) is 3.01. The molecule has 0 bridgehead atoms. The monoisotopic (exact) mass is 183 g/mol. The third kappa shape index (κ3) is 2.70. The lowest BCUT2D eigenvalue weighted by Crippen LogP contribution is -2.58. The maximum atomic E-state index is 5.49. The van der Waals surface area contributed by atoms with Gasteiger partial charge in [0.2, 0.25) is 0 Å². The molecular formula is C10H21N3. The molecule has 0 spiro atoms. The summed E-state index contributed by atoms with van der Waals surface area (Å²) < 4.78 is 0. The Morgan fingerprint density at radius 1 is 1.62 bits per heavy atom. The minimum atomic E-state index is 0.0150. The summed E-state index contributed by atoms with van der Waals surface area (Å²) >= 11 is 0. The first-order chi connectivity index (χ1) is 6.02. The molecular weight excluding hydrogens is 162 g/mol. The second kappa shape index (κ2) is 5.23. The minimum absolute atomic E-state index is 0.0150. The largest absolute Gasteiger partial charge is 0.302 e. The molecule has 0 aliphatic heterocycles. The van der Waals surface area contributed by atoms with Crippen LogP contribution in [0.1, 0.15) is 26.7 Å². The number of hydrogen-bond acceptors (Lipinski definition) is 3. The van der Waals surface area contributed by atoms with Gasteiger partial charge in [-0.3, -0.25) is 11.3 Å². The maximum Gasteiger partial charge on any atom is 0.0500 e. The molecule has 3 N–H and O–H groups in total. The quantitative estimate of drug-likeness (QED) is 0.372. The predicted molar refractivity (Wildman–Crippen MR) is 56.9 cm³/mol. The standard InChI is InChI=1S/C10H21N3/c1-6-8-9(12-11)10(3,7-2)13(4)5/h1,9,12H,7-8,11H2,2-5H3. The molecule has 0 aromatic rings. The van der Waals surface area contributed by atoms with Crippen molar-refractivity contribution in [3.63, 3.8) is 0 Å². The zero-order valence-electron chi connectivity index (χ0n) is 9.09. The Balaban J connectivity index is 4.60. The van der Waals surface area contributed by atoms with Crippen LogP contribution in [0.25, 0.3) is 0 Å². The number of nitrogens with two attached hydrogens (primary N) is 1. The van der Waals surface area contributed by atoms with E-state index in [1.807, 2.05) is 14.1 Å². The highest BCUT2D eigenvalue weighted by atomic mass is 15.3. The van der Waals surface area contributed by atoms with Gasteiger partial charge in [-0.25, -0.2) is 0 Å². The second-order valence-corrected chi connectivity index (χ2v) is 3.73. The third-order valence-electron chi connectivity index (χ3n) is 3.01. The number of hydrogen-bond donors (Lipinski definition) is 2. The molecule has 0 aliphatic carbocycles. The van der Waals surface area contributed by atoms with Gasteiger partial charge in [-0.15, -0.1) is 12.3 Å². The van der Waals surface area contributed by atoms with E-state index in [4.69, 9.17) is 12.3 Å². The van der Waals surface area contributed by atoms with Crippen molar-refractivity contribution >= 4 is 0 Å². The van der Waals surface area contributed by atoms with Crippen LogP contribution in [0, 0.1) is 12.3 Å². The van der Waals surface area contributed by atoms with Crippen LogP contribution in [0.3, 0.4) is 0 Å². The maximum absolute atomic E-state index is 5.49. The Kier molecular flexibility index (Phi) is 5.01. The van der Waals surface area contributed by atoms with Crippen molar-refractivity contribution in [2.24, 2.45) is 5.84 Å². The Morgan fingerprint density at radius 3 is 2.38 bits per heavy atom. The average Bonchev–Trinajstić information content (AvgIpc) is 2.12. The number of likely N-dealkylation sites (N-methyl/N-ethyl adjacent to an activating group) is 1. The van der Waals surface area contributed by atoms with Crippen LogP contribution in [0.5, 0.6) is 0 Å². The summed E-state index contributed by atoms with van der Waals surface area (Å²) in [6, 6.07) is 0.137. The van der Waals surface area contributed by atoms with Crippen molar-refractivity contribution in [2.75, 3.05) is 14.1 Å². The average molecular weight is 183 g/mol. The molecule has 0 amide bonds. The van der Waals surface area contributed by atoms with Crippen LogP contribution in [0.2, 0.25) is 0 Å². The normalized spacial score (nSPS) is 17.9. The lowest BCUT2D eigenvalue weighted by atomic mass is 9.86. The van der Waals surface area contributed by atoms with Crippen molar-refractivity contribution in [1.82, 2.24) is 10.3 Å². The highest BCUT2D eigenvalue weighted by molar-refractivity contribution is 5.00. The number of nitrogens with zero attached hydrogens (tertiary/aromatic N) is 1. The van der Waals surface area contributed by atoms with Crippen LogP contribution >= 0.6 is 0 Å². The van der Waals surface area contributed by atoms with Gasteiger partial charge in [0.25, 0.3) is 0 Å². The van der Waals surface area contributed by atoms with Crippen LogP contribution in [0.15, 0.2) is 0 Å². The predicted octanol–water partition coefficient (Wildman–Crippen LogP) is 0.572. The van der Waals surface area contributed by atoms with E-state index in [0.717, 1.165) is 6.42 Å². The summed E-state index contributed by atoms with van der Waals surface area (Å²) in [5.74, 6) is 8.13. The van der Waals surface area contributed by atoms with Gasteiger partial charge in [0.1, 0.15) is 0 Å². The Morgan fingerprint density at radius 2 is 2.15 bits per heavy atom.